The van der Waals surface area contributed by atoms with Gasteiger partial charge < -0.3 is 14.0 Å². The van der Waals surface area contributed by atoms with Crippen molar-refractivity contribution in [1.82, 2.24) is 4.57 Å². The summed E-state index contributed by atoms with van der Waals surface area (Å²) in [6.45, 7) is 2.68. The zero-order valence-corrected chi connectivity index (χ0v) is 15.7. The van der Waals surface area contributed by atoms with Crippen molar-refractivity contribution < 1.29 is 14.3 Å². The first-order valence-electron chi connectivity index (χ1n) is 9.30. The van der Waals surface area contributed by atoms with Crippen molar-refractivity contribution in [2.75, 3.05) is 6.61 Å². The fourth-order valence-electron chi connectivity index (χ4n) is 3.23. The van der Waals surface area contributed by atoms with Crippen LogP contribution in [-0.4, -0.2) is 17.1 Å². The smallest absolute Gasteiger partial charge is 0.340 e. The third-order valence-electron chi connectivity index (χ3n) is 4.57. The van der Waals surface area contributed by atoms with E-state index in [1.54, 1.807) is 6.07 Å². The van der Waals surface area contributed by atoms with Gasteiger partial charge in [0.2, 0.25) is 0 Å². The molecule has 0 saturated heterocycles. The van der Waals surface area contributed by atoms with E-state index in [1.807, 2.05) is 90.5 Å². The number of carbonyl (C=O) groups is 1. The number of esters is 1. The minimum Gasteiger partial charge on any atom is -0.489 e. The van der Waals surface area contributed by atoms with E-state index in [-0.39, 0.29) is 5.97 Å². The lowest BCUT2D eigenvalue weighted by atomic mass is 10.1. The molecule has 0 saturated carbocycles. The number of ether oxygens (including phenoxy) is 2. The van der Waals surface area contributed by atoms with Crippen LogP contribution in [0.2, 0.25) is 0 Å². The summed E-state index contributed by atoms with van der Waals surface area (Å²) in [6.07, 6.45) is 1.96. The Morgan fingerprint density at radius 1 is 0.929 bits per heavy atom. The van der Waals surface area contributed by atoms with Crippen molar-refractivity contribution in [3.8, 4) is 11.4 Å². The van der Waals surface area contributed by atoms with E-state index >= 15 is 0 Å². The van der Waals surface area contributed by atoms with Gasteiger partial charge in [-0.1, -0.05) is 42.5 Å². The van der Waals surface area contributed by atoms with Gasteiger partial charge in [-0.25, -0.2) is 4.79 Å². The summed E-state index contributed by atoms with van der Waals surface area (Å²) < 4.78 is 13.1. The van der Waals surface area contributed by atoms with E-state index in [0.717, 1.165) is 27.9 Å². The van der Waals surface area contributed by atoms with Crippen molar-refractivity contribution in [3.05, 3.63) is 96.2 Å². The van der Waals surface area contributed by atoms with Crippen molar-refractivity contribution in [3.63, 3.8) is 0 Å². The quantitative estimate of drug-likeness (QED) is 0.427. The molecule has 4 heteroatoms. The lowest BCUT2D eigenvalue weighted by molar-refractivity contribution is 0.0526. The van der Waals surface area contributed by atoms with E-state index in [4.69, 9.17) is 9.47 Å². The molecule has 4 aromatic rings. The average Bonchev–Trinajstić information content (AvgIpc) is 3.16. The molecule has 0 bridgehead atoms. The average molecular weight is 371 g/mol. The van der Waals surface area contributed by atoms with E-state index in [1.165, 1.54) is 0 Å². The first kappa shape index (κ1) is 17.9. The van der Waals surface area contributed by atoms with Gasteiger partial charge in [0.1, 0.15) is 12.4 Å². The van der Waals surface area contributed by atoms with Crippen molar-refractivity contribution in [1.29, 1.82) is 0 Å². The monoisotopic (exact) mass is 371 g/mol. The Labute approximate surface area is 163 Å². The van der Waals surface area contributed by atoms with Crippen molar-refractivity contribution >= 4 is 16.9 Å². The van der Waals surface area contributed by atoms with E-state index in [9.17, 15) is 4.79 Å². The van der Waals surface area contributed by atoms with Gasteiger partial charge in [-0.3, -0.25) is 0 Å². The molecule has 0 aliphatic heterocycles. The van der Waals surface area contributed by atoms with Gasteiger partial charge in [0, 0.05) is 11.6 Å². The fourth-order valence-corrected chi connectivity index (χ4v) is 3.23. The summed E-state index contributed by atoms with van der Waals surface area (Å²) in [5, 5.41) is 1.05. The van der Waals surface area contributed by atoms with Crippen LogP contribution < -0.4 is 4.74 Å². The molecule has 0 fully saturated rings. The standard InChI is InChI=1S/C24H21NO3/c1-2-27-24(26)21-10-6-7-11-23(21)25-15-14-19-16-20(12-13-22(19)25)28-17-18-8-4-3-5-9-18/h3-16H,2,17H2,1H3. The lowest BCUT2D eigenvalue weighted by Crippen LogP contribution is -2.09. The Morgan fingerprint density at radius 2 is 1.71 bits per heavy atom. The van der Waals surface area contributed by atoms with Crippen molar-refractivity contribution in [2.45, 2.75) is 13.5 Å². The number of hydrogen-bond acceptors (Lipinski definition) is 3. The lowest BCUT2D eigenvalue weighted by Gasteiger charge is -2.12. The topological polar surface area (TPSA) is 40.5 Å². The maximum Gasteiger partial charge on any atom is 0.340 e. The van der Waals surface area contributed by atoms with Gasteiger partial charge in [0.15, 0.2) is 0 Å². The Kier molecular flexibility index (Phi) is 5.11. The molecular formula is C24H21NO3. The molecule has 0 aliphatic carbocycles. The van der Waals surface area contributed by atoms with Crippen molar-refractivity contribution in [2.24, 2.45) is 0 Å². The molecule has 0 radical (unpaired) electrons. The first-order chi connectivity index (χ1) is 13.8. The van der Waals surface area contributed by atoms with Crippen LogP contribution in [0.1, 0.15) is 22.8 Å². The summed E-state index contributed by atoms with van der Waals surface area (Å²) in [4.78, 5) is 12.3. The summed E-state index contributed by atoms with van der Waals surface area (Å²) in [7, 11) is 0. The fraction of sp³-hybridized carbons (Fsp3) is 0.125. The minimum atomic E-state index is -0.317. The number of hydrogen-bond donors (Lipinski definition) is 0. The van der Waals surface area contributed by atoms with Crippen LogP contribution in [0.3, 0.4) is 0 Å². The maximum atomic E-state index is 12.3. The molecule has 0 amide bonds. The highest BCUT2D eigenvalue weighted by Gasteiger charge is 2.14. The highest BCUT2D eigenvalue weighted by molar-refractivity contribution is 5.95. The number of fused-ring (bicyclic) bond motifs is 1. The van der Waals surface area contributed by atoms with Crippen LogP contribution in [0.4, 0.5) is 0 Å². The van der Waals surface area contributed by atoms with E-state index in [0.29, 0.717) is 18.8 Å². The number of rotatable bonds is 6. The number of carbonyl (C=O) groups excluding carboxylic acids is 1. The third-order valence-corrected chi connectivity index (χ3v) is 4.57. The molecule has 28 heavy (non-hydrogen) atoms. The van der Waals surface area contributed by atoms with Gasteiger partial charge >= 0.3 is 5.97 Å². The zero-order chi connectivity index (χ0) is 19.3. The van der Waals surface area contributed by atoms with Crippen LogP contribution >= 0.6 is 0 Å². The van der Waals surface area contributed by atoms with Crippen LogP contribution in [0.15, 0.2) is 85.1 Å². The third kappa shape index (κ3) is 3.62. The van der Waals surface area contributed by atoms with Gasteiger partial charge in [0.25, 0.3) is 0 Å². The molecule has 0 atom stereocenters. The minimum absolute atomic E-state index is 0.317. The first-order valence-corrected chi connectivity index (χ1v) is 9.30. The second-order valence-electron chi connectivity index (χ2n) is 6.42. The highest BCUT2D eigenvalue weighted by Crippen LogP contribution is 2.27. The van der Waals surface area contributed by atoms with Gasteiger partial charge in [-0.05, 0) is 48.9 Å². The summed E-state index contributed by atoms with van der Waals surface area (Å²) in [6, 6.07) is 25.6. The van der Waals surface area contributed by atoms with Crippen LogP contribution in [0, 0.1) is 0 Å². The summed E-state index contributed by atoms with van der Waals surface area (Å²) in [5.74, 6) is 0.496. The second-order valence-corrected chi connectivity index (χ2v) is 6.42. The molecule has 0 N–H and O–H groups in total. The van der Waals surface area contributed by atoms with E-state index in [2.05, 4.69) is 0 Å². The van der Waals surface area contributed by atoms with Gasteiger partial charge in [-0.15, -0.1) is 0 Å². The van der Waals surface area contributed by atoms with E-state index < -0.39 is 0 Å². The largest absolute Gasteiger partial charge is 0.489 e. The van der Waals surface area contributed by atoms with Crippen LogP contribution in [0.25, 0.3) is 16.6 Å². The maximum absolute atomic E-state index is 12.3. The molecule has 0 unspecified atom stereocenters. The Bertz CT molecular complexity index is 1100. The Morgan fingerprint density at radius 3 is 2.54 bits per heavy atom. The molecule has 4 rings (SSSR count). The number of benzene rings is 3. The SMILES string of the molecule is CCOC(=O)c1ccccc1-n1ccc2cc(OCc3ccccc3)ccc21. The number of para-hydroxylation sites is 1. The van der Waals surface area contributed by atoms with Crippen LogP contribution in [-0.2, 0) is 11.3 Å². The molecule has 0 spiro atoms. The molecule has 1 aromatic heterocycles. The molecule has 3 aromatic carbocycles. The molecule has 0 aliphatic rings. The summed E-state index contributed by atoms with van der Waals surface area (Å²) in [5.41, 5.74) is 3.48. The predicted molar refractivity (Wildman–Crippen MR) is 110 cm³/mol. The zero-order valence-electron chi connectivity index (χ0n) is 15.7. The number of aromatic nitrogens is 1. The Hall–Kier alpha value is -3.53. The summed E-state index contributed by atoms with van der Waals surface area (Å²) >= 11 is 0. The van der Waals surface area contributed by atoms with Gasteiger partial charge in [-0.2, -0.15) is 0 Å². The molecule has 1 heterocycles. The number of nitrogens with zero attached hydrogens (tertiary/aromatic N) is 1. The Balaban J connectivity index is 1.63. The normalized spacial score (nSPS) is 10.8. The highest BCUT2D eigenvalue weighted by atomic mass is 16.5. The predicted octanol–water partition coefficient (Wildman–Crippen LogP) is 5.39. The van der Waals surface area contributed by atoms with Gasteiger partial charge in [0.05, 0.1) is 23.4 Å². The molecule has 4 nitrogen and oxygen atoms in total. The molecular weight excluding hydrogens is 350 g/mol. The molecule has 140 valence electrons. The second kappa shape index (κ2) is 8.01. The van der Waals surface area contributed by atoms with Crippen LogP contribution in [0.5, 0.6) is 5.75 Å².